The maximum atomic E-state index is 12.7. The first kappa shape index (κ1) is 13.9. The summed E-state index contributed by atoms with van der Waals surface area (Å²) in [6, 6.07) is 4.63. The first-order chi connectivity index (χ1) is 9.50. The molecule has 8 heteroatoms. The molecule has 2 aromatic rings. The van der Waals surface area contributed by atoms with Crippen LogP contribution in [0.4, 0.5) is 0 Å². The zero-order valence-electron chi connectivity index (χ0n) is 10.2. The largest absolute Gasteiger partial charge is 0.361 e. The molecule has 0 saturated heterocycles. The Hall–Kier alpha value is -1.08. The quantitative estimate of drug-likeness (QED) is 0.848. The molecule has 0 bridgehead atoms. The van der Waals surface area contributed by atoms with Crippen molar-refractivity contribution in [3.8, 4) is 0 Å². The zero-order valence-corrected chi connectivity index (χ0v) is 12.5. The van der Waals surface area contributed by atoms with E-state index in [1.807, 2.05) is 0 Å². The van der Waals surface area contributed by atoms with E-state index in [1.54, 1.807) is 6.07 Å². The number of rotatable bonds is 2. The van der Waals surface area contributed by atoms with Gasteiger partial charge in [-0.15, -0.1) is 0 Å². The van der Waals surface area contributed by atoms with Crippen LogP contribution in [-0.4, -0.2) is 24.4 Å². The van der Waals surface area contributed by atoms with Crippen molar-refractivity contribution in [3.05, 3.63) is 45.8 Å². The number of hydrogen-bond donors (Lipinski definition) is 0. The van der Waals surface area contributed by atoms with Crippen molar-refractivity contribution in [1.82, 2.24) is 9.46 Å². The van der Waals surface area contributed by atoms with E-state index in [-0.39, 0.29) is 21.5 Å². The predicted octanol–water partition coefficient (Wildman–Crippen LogP) is 2.73. The maximum absolute atomic E-state index is 12.7. The zero-order chi connectivity index (χ0) is 14.3. The molecular weight excluding hydrogens is 323 g/mol. The monoisotopic (exact) mass is 332 g/mol. The second-order valence-corrected chi connectivity index (χ2v) is 7.10. The van der Waals surface area contributed by atoms with Gasteiger partial charge in [0.2, 0.25) is 10.0 Å². The summed E-state index contributed by atoms with van der Waals surface area (Å²) in [5.74, 6) is 0.724. The summed E-state index contributed by atoms with van der Waals surface area (Å²) in [6.07, 6.45) is 2.02. The van der Waals surface area contributed by atoms with Crippen LogP contribution in [0.3, 0.4) is 0 Å². The van der Waals surface area contributed by atoms with Gasteiger partial charge in [-0.05, 0) is 12.1 Å². The average Bonchev–Trinajstić information content (AvgIpc) is 2.85. The molecule has 0 aliphatic carbocycles. The highest BCUT2D eigenvalue weighted by Gasteiger charge is 2.33. The smallest absolute Gasteiger partial charge is 0.246 e. The maximum Gasteiger partial charge on any atom is 0.246 e. The molecule has 20 heavy (non-hydrogen) atoms. The van der Waals surface area contributed by atoms with E-state index in [0.29, 0.717) is 13.0 Å². The summed E-state index contributed by atoms with van der Waals surface area (Å²) in [5, 5.41) is 3.92. The van der Waals surface area contributed by atoms with Gasteiger partial charge in [-0.3, -0.25) is 0 Å². The summed E-state index contributed by atoms with van der Waals surface area (Å²) >= 11 is 12.0. The number of aromatic nitrogens is 1. The van der Waals surface area contributed by atoms with Gasteiger partial charge in [-0.1, -0.05) is 34.4 Å². The summed E-state index contributed by atoms with van der Waals surface area (Å²) in [6.45, 7) is 0.523. The van der Waals surface area contributed by atoms with Crippen LogP contribution in [0.15, 0.2) is 33.8 Å². The Morgan fingerprint density at radius 3 is 2.65 bits per heavy atom. The normalized spacial score (nSPS) is 16.1. The summed E-state index contributed by atoms with van der Waals surface area (Å²) in [4.78, 5) is -0.0526. The predicted molar refractivity (Wildman–Crippen MR) is 74.3 cm³/mol. The topological polar surface area (TPSA) is 63.4 Å². The van der Waals surface area contributed by atoms with E-state index >= 15 is 0 Å². The van der Waals surface area contributed by atoms with Crippen molar-refractivity contribution in [3.63, 3.8) is 0 Å². The lowest BCUT2D eigenvalue weighted by Gasteiger charge is -2.25. The number of sulfonamides is 1. The van der Waals surface area contributed by atoms with Gasteiger partial charge in [0, 0.05) is 25.1 Å². The molecule has 106 valence electrons. The highest BCUT2D eigenvalue weighted by Crippen LogP contribution is 2.33. The van der Waals surface area contributed by atoms with Gasteiger partial charge in [-0.25, -0.2) is 8.42 Å². The van der Waals surface area contributed by atoms with Gasteiger partial charge in [-0.2, -0.15) is 4.31 Å². The highest BCUT2D eigenvalue weighted by atomic mass is 35.5. The van der Waals surface area contributed by atoms with Gasteiger partial charge in [0.25, 0.3) is 0 Å². The second kappa shape index (κ2) is 5.04. The van der Waals surface area contributed by atoms with Crippen LogP contribution in [0.1, 0.15) is 11.3 Å². The van der Waals surface area contributed by atoms with Gasteiger partial charge in [0.05, 0.1) is 16.2 Å². The lowest BCUT2D eigenvalue weighted by molar-refractivity contribution is 0.331. The molecule has 0 radical (unpaired) electrons. The first-order valence-corrected chi connectivity index (χ1v) is 8.06. The van der Waals surface area contributed by atoms with Gasteiger partial charge in [0.1, 0.15) is 10.7 Å². The lowest BCUT2D eigenvalue weighted by Crippen LogP contribution is -2.35. The highest BCUT2D eigenvalue weighted by molar-refractivity contribution is 7.89. The number of nitrogens with zero attached hydrogens (tertiary/aromatic N) is 2. The van der Waals surface area contributed by atoms with Crippen molar-refractivity contribution in [2.24, 2.45) is 0 Å². The van der Waals surface area contributed by atoms with Crippen LogP contribution in [0, 0.1) is 0 Å². The fourth-order valence-corrected chi connectivity index (χ4v) is 4.69. The Kier molecular flexibility index (Phi) is 3.50. The van der Waals surface area contributed by atoms with Crippen LogP contribution in [0.2, 0.25) is 10.0 Å². The minimum Gasteiger partial charge on any atom is -0.361 e. The number of halogens is 2. The third-order valence-electron chi connectivity index (χ3n) is 3.18. The summed E-state index contributed by atoms with van der Waals surface area (Å²) in [5.41, 5.74) is 0.767. The molecule has 3 rings (SSSR count). The van der Waals surface area contributed by atoms with E-state index in [9.17, 15) is 8.42 Å². The Bertz CT molecular complexity index is 738. The number of benzene rings is 1. The molecule has 1 aliphatic heterocycles. The summed E-state index contributed by atoms with van der Waals surface area (Å²) in [7, 11) is -3.74. The van der Waals surface area contributed by atoms with Crippen LogP contribution < -0.4 is 0 Å². The molecule has 0 N–H and O–H groups in total. The van der Waals surface area contributed by atoms with Crippen molar-refractivity contribution in [1.29, 1.82) is 0 Å². The molecule has 0 amide bonds. The standard InChI is InChI=1S/C12H10Cl2N2O3S/c13-9-2-1-3-10(14)12(9)20(17,18)16-5-4-11-8(7-16)6-15-19-11/h1-3,6H,4-5,7H2. The van der Waals surface area contributed by atoms with Crippen molar-refractivity contribution >= 4 is 33.2 Å². The molecule has 0 spiro atoms. The molecule has 0 atom stereocenters. The molecule has 5 nitrogen and oxygen atoms in total. The fraction of sp³-hybridized carbons (Fsp3) is 0.250. The lowest BCUT2D eigenvalue weighted by atomic mass is 10.1. The third-order valence-corrected chi connectivity index (χ3v) is 5.98. The van der Waals surface area contributed by atoms with Gasteiger partial charge in [0.15, 0.2) is 0 Å². The second-order valence-electron chi connectivity index (χ2n) is 4.41. The molecule has 0 fully saturated rings. The van der Waals surface area contributed by atoms with E-state index in [0.717, 1.165) is 11.3 Å². The first-order valence-electron chi connectivity index (χ1n) is 5.87. The number of fused-ring (bicyclic) bond motifs is 1. The molecular formula is C12H10Cl2N2O3S. The fourth-order valence-electron chi connectivity index (χ4n) is 2.18. The average molecular weight is 333 g/mol. The molecule has 1 aliphatic rings. The Balaban J connectivity index is 2.02. The van der Waals surface area contributed by atoms with Gasteiger partial charge >= 0.3 is 0 Å². The van der Waals surface area contributed by atoms with Crippen LogP contribution >= 0.6 is 23.2 Å². The van der Waals surface area contributed by atoms with E-state index in [1.165, 1.54) is 22.6 Å². The Morgan fingerprint density at radius 2 is 1.95 bits per heavy atom. The van der Waals surface area contributed by atoms with Crippen molar-refractivity contribution < 1.29 is 12.9 Å². The Labute approximate surface area is 126 Å². The van der Waals surface area contributed by atoms with E-state index < -0.39 is 10.0 Å². The SMILES string of the molecule is O=S(=O)(c1c(Cl)cccc1Cl)N1CCc2oncc2C1. The number of hydrogen-bond acceptors (Lipinski definition) is 4. The van der Waals surface area contributed by atoms with Crippen LogP contribution in [0.5, 0.6) is 0 Å². The van der Waals surface area contributed by atoms with E-state index in [2.05, 4.69) is 5.16 Å². The van der Waals surface area contributed by atoms with Gasteiger partial charge < -0.3 is 4.52 Å². The molecule has 1 aromatic carbocycles. The molecule has 1 aromatic heterocycles. The van der Waals surface area contributed by atoms with Crippen molar-refractivity contribution in [2.45, 2.75) is 17.9 Å². The minimum atomic E-state index is -3.74. The molecule has 0 unspecified atom stereocenters. The van der Waals surface area contributed by atoms with Crippen LogP contribution in [-0.2, 0) is 23.0 Å². The van der Waals surface area contributed by atoms with Crippen LogP contribution in [0.25, 0.3) is 0 Å². The Morgan fingerprint density at radius 1 is 1.25 bits per heavy atom. The summed E-state index contributed by atoms with van der Waals surface area (Å²) < 4.78 is 31.7. The molecule has 0 saturated carbocycles. The molecule has 2 heterocycles. The minimum absolute atomic E-state index is 0.0526. The van der Waals surface area contributed by atoms with E-state index in [4.69, 9.17) is 27.7 Å². The third kappa shape index (κ3) is 2.22. The van der Waals surface area contributed by atoms with Crippen molar-refractivity contribution in [2.75, 3.05) is 6.54 Å².